The van der Waals surface area contributed by atoms with Crippen molar-refractivity contribution in [3.05, 3.63) is 0 Å². The lowest BCUT2D eigenvalue weighted by Crippen LogP contribution is -2.36. The summed E-state index contributed by atoms with van der Waals surface area (Å²) in [4.78, 5) is 2.73. The topological polar surface area (TPSA) is 24.5 Å². The second-order valence-corrected chi connectivity index (χ2v) is 8.11. The molecule has 3 aliphatic rings. The molecular weight excluding hydrogens is 260 g/mol. The standard InChI is InChI=1S/C18H34N2O/c1-14(2)9-19-10-17-7-8-18(21-17)13-20(11-15-3-4-15)12-16-5-6-16/h14-19H,3-13H2,1-2H3. The van der Waals surface area contributed by atoms with Crippen molar-refractivity contribution < 1.29 is 4.74 Å². The first kappa shape index (κ1) is 15.8. The normalized spacial score (nSPS) is 29.7. The maximum absolute atomic E-state index is 6.27. The van der Waals surface area contributed by atoms with Crippen LogP contribution in [0.1, 0.15) is 52.4 Å². The SMILES string of the molecule is CC(C)CNCC1CCC(CN(CC2CC2)CC2CC2)O1. The highest BCUT2D eigenvalue weighted by atomic mass is 16.5. The second kappa shape index (κ2) is 7.43. The van der Waals surface area contributed by atoms with E-state index in [1.54, 1.807) is 0 Å². The summed E-state index contributed by atoms with van der Waals surface area (Å²) in [5.41, 5.74) is 0. The molecule has 0 aromatic rings. The van der Waals surface area contributed by atoms with Gasteiger partial charge in [0, 0.05) is 26.2 Å². The number of ether oxygens (including phenoxy) is 1. The Morgan fingerprint density at radius 3 is 2.10 bits per heavy atom. The summed E-state index contributed by atoms with van der Waals surface area (Å²) in [5, 5.41) is 3.55. The molecule has 0 radical (unpaired) electrons. The summed E-state index contributed by atoms with van der Waals surface area (Å²) in [5.74, 6) is 2.75. The van der Waals surface area contributed by atoms with Gasteiger partial charge in [0.05, 0.1) is 12.2 Å². The Morgan fingerprint density at radius 2 is 1.52 bits per heavy atom. The summed E-state index contributed by atoms with van der Waals surface area (Å²) < 4.78 is 6.27. The molecule has 1 N–H and O–H groups in total. The zero-order valence-electron chi connectivity index (χ0n) is 14.0. The lowest BCUT2D eigenvalue weighted by atomic mass is 10.1. The van der Waals surface area contributed by atoms with Crippen LogP contribution in [0.15, 0.2) is 0 Å². The van der Waals surface area contributed by atoms with Gasteiger partial charge in [-0.25, -0.2) is 0 Å². The number of hydrogen-bond acceptors (Lipinski definition) is 3. The van der Waals surface area contributed by atoms with E-state index in [2.05, 4.69) is 24.1 Å². The van der Waals surface area contributed by atoms with Crippen LogP contribution in [0.25, 0.3) is 0 Å². The van der Waals surface area contributed by atoms with Crippen LogP contribution in [0, 0.1) is 17.8 Å². The molecule has 3 nitrogen and oxygen atoms in total. The lowest BCUT2D eigenvalue weighted by Gasteiger charge is -2.25. The Labute approximate surface area is 130 Å². The third kappa shape index (κ3) is 5.88. The Hall–Kier alpha value is -0.120. The zero-order valence-corrected chi connectivity index (χ0v) is 14.0. The Kier molecular flexibility index (Phi) is 5.58. The minimum atomic E-state index is 0.456. The summed E-state index contributed by atoms with van der Waals surface area (Å²) >= 11 is 0. The largest absolute Gasteiger partial charge is 0.372 e. The van der Waals surface area contributed by atoms with Crippen molar-refractivity contribution >= 4 is 0 Å². The van der Waals surface area contributed by atoms with Gasteiger partial charge in [-0.2, -0.15) is 0 Å². The van der Waals surface area contributed by atoms with Gasteiger partial charge in [-0.3, -0.25) is 0 Å². The van der Waals surface area contributed by atoms with E-state index in [9.17, 15) is 0 Å². The molecule has 0 bridgehead atoms. The molecule has 0 spiro atoms. The maximum Gasteiger partial charge on any atom is 0.0707 e. The average Bonchev–Trinajstić information content (AvgIpc) is 3.33. The molecule has 0 amide bonds. The van der Waals surface area contributed by atoms with Gasteiger partial charge >= 0.3 is 0 Å². The first-order valence-corrected chi connectivity index (χ1v) is 9.27. The highest BCUT2D eigenvalue weighted by Gasteiger charge is 2.32. The fraction of sp³-hybridized carbons (Fsp3) is 1.00. The van der Waals surface area contributed by atoms with Gasteiger partial charge in [-0.15, -0.1) is 0 Å². The highest BCUT2D eigenvalue weighted by Crippen LogP contribution is 2.34. The van der Waals surface area contributed by atoms with E-state index < -0.39 is 0 Å². The van der Waals surface area contributed by atoms with Gasteiger partial charge in [0.1, 0.15) is 0 Å². The van der Waals surface area contributed by atoms with Crippen LogP contribution in [0.2, 0.25) is 0 Å². The van der Waals surface area contributed by atoms with Crippen LogP contribution in [0.5, 0.6) is 0 Å². The quantitative estimate of drug-likeness (QED) is 0.670. The van der Waals surface area contributed by atoms with Crippen molar-refractivity contribution in [2.45, 2.75) is 64.6 Å². The molecule has 0 aromatic heterocycles. The van der Waals surface area contributed by atoms with E-state index >= 15 is 0 Å². The van der Waals surface area contributed by atoms with Gasteiger partial charge in [-0.1, -0.05) is 13.8 Å². The van der Waals surface area contributed by atoms with Gasteiger partial charge in [-0.05, 0) is 62.8 Å². The van der Waals surface area contributed by atoms with Crippen molar-refractivity contribution in [2.24, 2.45) is 17.8 Å². The number of hydrogen-bond donors (Lipinski definition) is 1. The minimum absolute atomic E-state index is 0.456. The average molecular weight is 294 g/mol. The van der Waals surface area contributed by atoms with Gasteiger partial charge in [0.25, 0.3) is 0 Å². The predicted octanol–water partition coefficient (Wildman–Crippen LogP) is 2.90. The molecular formula is C18H34N2O. The van der Waals surface area contributed by atoms with Crippen LogP contribution in [0.3, 0.4) is 0 Å². The fourth-order valence-corrected chi connectivity index (χ4v) is 3.44. The number of nitrogens with zero attached hydrogens (tertiary/aromatic N) is 1. The monoisotopic (exact) mass is 294 g/mol. The zero-order chi connectivity index (χ0) is 14.7. The summed E-state index contributed by atoms with van der Waals surface area (Å²) in [6.45, 7) is 10.5. The lowest BCUT2D eigenvalue weighted by molar-refractivity contribution is 0.0214. The van der Waals surface area contributed by atoms with Crippen LogP contribution in [-0.4, -0.2) is 49.8 Å². The molecule has 3 heteroatoms. The molecule has 2 atom stereocenters. The molecule has 2 aliphatic carbocycles. The van der Waals surface area contributed by atoms with Crippen molar-refractivity contribution in [1.29, 1.82) is 0 Å². The van der Waals surface area contributed by atoms with Gasteiger partial charge in [0.15, 0.2) is 0 Å². The number of rotatable bonds is 10. The van der Waals surface area contributed by atoms with Crippen LogP contribution in [-0.2, 0) is 4.74 Å². The molecule has 2 saturated carbocycles. The van der Waals surface area contributed by atoms with Crippen molar-refractivity contribution in [1.82, 2.24) is 10.2 Å². The summed E-state index contributed by atoms with van der Waals surface area (Å²) in [6.07, 6.45) is 9.33. The molecule has 1 aliphatic heterocycles. The van der Waals surface area contributed by atoms with Crippen molar-refractivity contribution in [2.75, 3.05) is 32.7 Å². The Balaban J connectivity index is 1.35. The summed E-state index contributed by atoms with van der Waals surface area (Å²) in [6, 6.07) is 0. The Morgan fingerprint density at radius 1 is 0.905 bits per heavy atom. The third-order valence-corrected chi connectivity index (χ3v) is 5.01. The van der Waals surface area contributed by atoms with E-state index in [4.69, 9.17) is 4.74 Å². The predicted molar refractivity (Wildman–Crippen MR) is 87.5 cm³/mol. The van der Waals surface area contributed by atoms with E-state index in [0.717, 1.165) is 30.8 Å². The molecule has 0 aromatic carbocycles. The van der Waals surface area contributed by atoms with Crippen LogP contribution < -0.4 is 5.32 Å². The molecule has 3 rings (SSSR count). The number of nitrogens with one attached hydrogen (secondary N) is 1. The van der Waals surface area contributed by atoms with E-state index in [1.807, 2.05) is 0 Å². The first-order valence-electron chi connectivity index (χ1n) is 9.27. The third-order valence-electron chi connectivity index (χ3n) is 5.01. The van der Waals surface area contributed by atoms with Crippen molar-refractivity contribution in [3.8, 4) is 0 Å². The van der Waals surface area contributed by atoms with Crippen LogP contribution >= 0.6 is 0 Å². The fourth-order valence-electron chi connectivity index (χ4n) is 3.44. The second-order valence-electron chi connectivity index (χ2n) is 8.11. The molecule has 21 heavy (non-hydrogen) atoms. The molecule has 2 unspecified atom stereocenters. The highest BCUT2D eigenvalue weighted by molar-refractivity contribution is 4.85. The smallest absolute Gasteiger partial charge is 0.0707 e. The van der Waals surface area contributed by atoms with E-state index in [0.29, 0.717) is 12.2 Å². The molecule has 1 saturated heterocycles. The van der Waals surface area contributed by atoms with E-state index in [-0.39, 0.29) is 0 Å². The van der Waals surface area contributed by atoms with Crippen LogP contribution in [0.4, 0.5) is 0 Å². The first-order chi connectivity index (χ1) is 10.2. The van der Waals surface area contributed by atoms with Gasteiger partial charge < -0.3 is 15.0 Å². The van der Waals surface area contributed by atoms with Crippen molar-refractivity contribution in [3.63, 3.8) is 0 Å². The van der Waals surface area contributed by atoms with E-state index in [1.165, 1.54) is 58.2 Å². The Bertz CT molecular complexity index is 298. The maximum atomic E-state index is 6.27. The van der Waals surface area contributed by atoms with Gasteiger partial charge in [0.2, 0.25) is 0 Å². The molecule has 3 fully saturated rings. The molecule has 1 heterocycles. The summed E-state index contributed by atoms with van der Waals surface area (Å²) in [7, 11) is 0. The molecule has 122 valence electrons. The minimum Gasteiger partial charge on any atom is -0.372 e.